The Morgan fingerprint density at radius 1 is 1.31 bits per heavy atom. The number of imidazole rings is 1. The van der Waals surface area contributed by atoms with Gasteiger partial charge in [0.2, 0.25) is 0 Å². The molecule has 2 atom stereocenters. The molecule has 1 aliphatic rings. The third-order valence-electron chi connectivity index (χ3n) is 4.18. The molecule has 1 unspecified atom stereocenters. The fourth-order valence-corrected chi connectivity index (χ4v) is 2.69. The second kappa shape index (κ2) is 8.87. The van der Waals surface area contributed by atoms with E-state index in [-0.39, 0.29) is 25.3 Å². The van der Waals surface area contributed by atoms with Crippen LogP contribution in [0.4, 0.5) is 9.59 Å². The van der Waals surface area contributed by atoms with Gasteiger partial charge in [0.25, 0.3) is 5.91 Å². The van der Waals surface area contributed by atoms with Crippen molar-refractivity contribution in [2.45, 2.75) is 25.1 Å². The van der Waals surface area contributed by atoms with Crippen molar-refractivity contribution < 1.29 is 29.0 Å². The summed E-state index contributed by atoms with van der Waals surface area (Å²) >= 11 is 0. The van der Waals surface area contributed by atoms with Crippen molar-refractivity contribution >= 4 is 24.0 Å². The zero-order valence-corrected chi connectivity index (χ0v) is 15.2. The number of nitrogens with zero attached hydrogens (tertiary/aromatic N) is 2. The summed E-state index contributed by atoms with van der Waals surface area (Å²) in [6, 6.07) is 6.50. The lowest BCUT2D eigenvalue weighted by atomic mass is 10.1. The first kappa shape index (κ1) is 19.9. The van der Waals surface area contributed by atoms with Crippen LogP contribution in [-0.2, 0) is 22.6 Å². The summed E-state index contributed by atoms with van der Waals surface area (Å²) in [5.74, 6) is -1.68. The van der Waals surface area contributed by atoms with Crippen molar-refractivity contribution in [2.75, 3.05) is 6.54 Å². The largest absolute Gasteiger partial charge is 0.480 e. The average molecular weight is 401 g/mol. The molecule has 0 radical (unpaired) electrons. The number of carbonyl (C=O) groups is 4. The van der Waals surface area contributed by atoms with Crippen LogP contribution in [0, 0.1) is 0 Å². The van der Waals surface area contributed by atoms with E-state index < -0.39 is 36.1 Å². The number of carboxylic acids is 1. The molecule has 1 aromatic heterocycles. The number of hydrogen-bond acceptors (Lipinski definition) is 6. The Hall–Kier alpha value is -3.89. The van der Waals surface area contributed by atoms with Crippen molar-refractivity contribution in [1.29, 1.82) is 0 Å². The van der Waals surface area contributed by atoms with Crippen LogP contribution in [-0.4, -0.2) is 57.3 Å². The van der Waals surface area contributed by atoms with E-state index in [1.54, 1.807) is 24.3 Å². The van der Waals surface area contributed by atoms with Gasteiger partial charge in [0.15, 0.2) is 0 Å². The predicted molar refractivity (Wildman–Crippen MR) is 98.1 cm³/mol. The van der Waals surface area contributed by atoms with Crippen molar-refractivity contribution in [3.05, 3.63) is 54.1 Å². The van der Waals surface area contributed by atoms with E-state index in [1.807, 2.05) is 6.07 Å². The molecular formula is C18H19N5O6. The van der Waals surface area contributed by atoms with Crippen LogP contribution >= 0.6 is 0 Å². The molecule has 29 heavy (non-hydrogen) atoms. The van der Waals surface area contributed by atoms with Crippen LogP contribution in [0.25, 0.3) is 0 Å². The lowest BCUT2D eigenvalue weighted by Gasteiger charge is -2.13. The highest BCUT2D eigenvalue weighted by atomic mass is 16.5. The molecule has 3 amide bonds. The molecule has 0 aliphatic carbocycles. The first-order valence-electron chi connectivity index (χ1n) is 8.74. The minimum Gasteiger partial charge on any atom is -0.480 e. The molecule has 11 heteroatoms. The quantitative estimate of drug-likeness (QED) is 0.514. The Morgan fingerprint density at radius 3 is 2.72 bits per heavy atom. The highest BCUT2D eigenvalue weighted by Gasteiger charge is 2.28. The van der Waals surface area contributed by atoms with Gasteiger partial charge < -0.3 is 25.8 Å². The predicted octanol–water partition coefficient (Wildman–Crippen LogP) is 0.127. The smallest absolute Gasteiger partial charge is 0.408 e. The van der Waals surface area contributed by atoms with Crippen molar-refractivity contribution in [2.24, 2.45) is 0 Å². The summed E-state index contributed by atoms with van der Waals surface area (Å²) in [6.45, 7) is 0.154. The lowest BCUT2D eigenvalue weighted by molar-refractivity contribution is -0.139. The first-order chi connectivity index (χ1) is 13.9. The standard InChI is InChI=1S/C18H19N5O6/c24-15(14-7-19-17(27)21-14)23-8-12(20-10-23)6-13(16(25)26)22-18(28)29-9-11-4-2-1-3-5-11/h1-5,8,10,13-14H,6-7,9H2,(H,22,28)(H,25,26)(H2,19,21,27)/t13-,14?/m0/s1. The highest BCUT2D eigenvalue weighted by molar-refractivity contribution is 5.91. The van der Waals surface area contributed by atoms with Crippen LogP contribution in [0.15, 0.2) is 42.9 Å². The number of alkyl carbamates (subject to hydrolysis) is 1. The van der Waals surface area contributed by atoms with Crippen LogP contribution in [0.2, 0.25) is 0 Å². The van der Waals surface area contributed by atoms with E-state index in [2.05, 4.69) is 20.9 Å². The Morgan fingerprint density at radius 2 is 2.07 bits per heavy atom. The number of amides is 3. The van der Waals surface area contributed by atoms with Crippen molar-refractivity contribution in [3.8, 4) is 0 Å². The van der Waals surface area contributed by atoms with Gasteiger partial charge in [0, 0.05) is 19.2 Å². The summed E-state index contributed by atoms with van der Waals surface area (Å²) in [4.78, 5) is 50.8. The van der Waals surface area contributed by atoms with Gasteiger partial charge in [-0.3, -0.25) is 9.36 Å². The molecule has 4 N–H and O–H groups in total. The molecule has 1 saturated heterocycles. The summed E-state index contributed by atoms with van der Waals surface area (Å²) in [6.07, 6.45) is 1.57. The van der Waals surface area contributed by atoms with Crippen molar-refractivity contribution in [1.82, 2.24) is 25.5 Å². The molecule has 0 spiro atoms. The van der Waals surface area contributed by atoms with Crippen molar-refractivity contribution in [3.63, 3.8) is 0 Å². The third kappa shape index (κ3) is 5.31. The summed E-state index contributed by atoms with van der Waals surface area (Å²) < 4.78 is 6.19. The zero-order chi connectivity index (χ0) is 20.8. The van der Waals surface area contributed by atoms with Gasteiger partial charge in [-0.15, -0.1) is 0 Å². The molecular weight excluding hydrogens is 382 g/mol. The molecule has 2 heterocycles. The number of urea groups is 1. The third-order valence-corrected chi connectivity index (χ3v) is 4.18. The first-order valence-corrected chi connectivity index (χ1v) is 8.74. The topological polar surface area (TPSA) is 152 Å². The number of aromatic nitrogens is 2. The number of ether oxygens (including phenoxy) is 1. The summed E-state index contributed by atoms with van der Waals surface area (Å²) in [5.41, 5.74) is 1.05. The van der Waals surface area contributed by atoms with Crippen LogP contribution in [0.1, 0.15) is 16.1 Å². The molecule has 0 saturated carbocycles. The van der Waals surface area contributed by atoms with Gasteiger partial charge in [-0.25, -0.2) is 19.4 Å². The molecule has 1 fully saturated rings. The van der Waals surface area contributed by atoms with Crippen LogP contribution in [0.5, 0.6) is 0 Å². The number of carboxylic acid groups (broad SMARTS) is 1. The Bertz CT molecular complexity index is 912. The maximum absolute atomic E-state index is 12.3. The van der Waals surface area contributed by atoms with E-state index in [4.69, 9.17) is 4.74 Å². The summed E-state index contributed by atoms with van der Waals surface area (Å²) in [5, 5.41) is 16.6. The van der Waals surface area contributed by atoms with E-state index in [0.717, 1.165) is 5.56 Å². The molecule has 3 rings (SSSR count). The second-order valence-corrected chi connectivity index (χ2v) is 6.32. The number of rotatable bonds is 7. The Balaban J connectivity index is 1.55. The monoisotopic (exact) mass is 401 g/mol. The molecule has 11 nitrogen and oxygen atoms in total. The number of carbonyl (C=O) groups excluding carboxylic acids is 3. The Kier molecular flexibility index (Phi) is 6.07. The maximum atomic E-state index is 12.3. The van der Waals surface area contributed by atoms with E-state index in [9.17, 15) is 24.3 Å². The SMILES string of the molecule is O=C1NCC(C(=O)n2cnc(C[C@H](NC(=O)OCc3ccccc3)C(=O)O)c2)N1. The van der Waals surface area contributed by atoms with Crippen LogP contribution < -0.4 is 16.0 Å². The van der Waals surface area contributed by atoms with Gasteiger partial charge in [-0.05, 0) is 5.56 Å². The lowest BCUT2D eigenvalue weighted by Crippen LogP contribution is -2.42. The van der Waals surface area contributed by atoms with E-state index >= 15 is 0 Å². The normalized spacial score (nSPS) is 16.4. The average Bonchev–Trinajstić information content (AvgIpc) is 3.35. The molecule has 1 aliphatic heterocycles. The molecule has 152 valence electrons. The van der Waals surface area contributed by atoms with E-state index in [0.29, 0.717) is 0 Å². The fourth-order valence-electron chi connectivity index (χ4n) is 2.69. The maximum Gasteiger partial charge on any atom is 0.408 e. The highest BCUT2D eigenvalue weighted by Crippen LogP contribution is 2.06. The molecule has 2 aromatic rings. The number of benzene rings is 1. The fraction of sp³-hybridized carbons (Fsp3) is 0.278. The Labute approximate surface area is 165 Å². The molecule has 1 aromatic carbocycles. The number of hydrogen-bond donors (Lipinski definition) is 4. The van der Waals surface area contributed by atoms with E-state index in [1.165, 1.54) is 17.1 Å². The zero-order valence-electron chi connectivity index (χ0n) is 15.2. The van der Waals surface area contributed by atoms with Gasteiger partial charge >= 0.3 is 18.1 Å². The number of aliphatic carboxylic acids is 1. The second-order valence-electron chi connectivity index (χ2n) is 6.32. The van der Waals surface area contributed by atoms with Gasteiger partial charge in [0.05, 0.1) is 5.69 Å². The van der Waals surface area contributed by atoms with Crippen LogP contribution in [0.3, 0.4) is 0 Å². The summed E-state index contributed by atoms with van der Waals surface area (Å²) in [7, 11) is 0. The van der Waals surface area contributed by atoms with Gasteiger partial charge in [0.1, 0.15) is 25.0 Å². The number of nitrogens with one attached hydrogen (secondary N) is 3. The van der Waals surface area contributed by atoms with Gasteiger partial charge in [-0.1, -0.05) is 30.3 Å². The molecule has 0 bridgehead atoms. The minimum atomic E-state index is -1.29. The minimum absolute atomic E-state index is 0.00326. The van der Waals surface area contributed by atoms with Gasteiger partial charge in [-0.2, -0.15) is 0 Å².